The zero-order valence-corrected chi connectivity index (χ0v) is 13.9. The predicted molar refractivity (Wildman–Crippen MR) is 88.6 cm³/mol. The first-order valence-electron chi connectivity index (χ1n) is 8.44. The van der Waals surface area contributed by atoms with Crippen LogP contribution in [0.15, 0.2) is 18.2 Å². The van der Waals surface area contributed by atoms with Gasteiger partial charge in [-0.15, -0.1) is 0 Å². The molecule has 1 heterocycles. The molecule has 2 aliphatic rings. The molecular weight excluding hydrogens is 276 g/mol. The van der Waals surface area contributed by atoms with E-state index in [0.29, 0.717) is 5.54 Å². The van der Waals surface area contributed by atoms with E-state index in [1.165, 1.54) is 37.7 Å². The van der Waals surface area contributed by atoms with E-state index < -0.39 is 0 Å². The van der Waals surface area contributed by atoms with Crippen LogP contribution in [0.25, 0.3) is 0 Å². The molecule has 4 nitrogen and oxygen atoms in total. The van der Waals surface area contributed by atoms with Gasteiger partial charge in [-0.05, 0) is 30.5 Å². The molecule has 0 radical (unpaired) electrons. The Labute approximate surface area is 133 Å². The maximum absolute atomic E-state index is 5.45. The van der Waals surface area contributed by atoms with Crippen molar-refractivity contribution in [3.8, 4) is 11.5 Å². The summed E-state index contributed by atoms with van der Waals surface area (Å²) in [5.41, 5.74) is 1.67. The molecule has 122 valence electrons. The number of hydrogen-bond acceptors (Lipinski definition) is 4. The predicted octanol–water partition coefficient (Wildman–Crippen LogP) is 2.81. The van der Waals surface area contributed by atoms with Crippen LogP contribution < -0.4 is 14.8 Å². The highest BCUT2D eigenvalue weighted by atomic mass is 16.5. The van der Waals surface area contributed by atoms with Gasteiger partial charge < -0.3 is 14.8 Å². The first-order valence-corrected chi connectivity index (χ1v) is 8.44. The van der Waals surface area contributed by atoms with Gasteiger partial charge in [-0.1, -0.05) is 25.3 Å². The quantitative estimate of drug-likeness (QED) is 0.927. The van der Waals surface area contributed by atoms with Gasteiger partial charge in [0.15, 0.2) is 11.5 Å². The summed E-state index contributed by atoms with van der Waals surface area (Å²) < 4.78 is 10.8. The Morgan fingerprint density at radius 1 is 1.09 bits per heavy atom. The molecule has 22 heavy (non-hydrogen) atoms. The molecule has 0 bridgehead atoms. The summed E-state index contributed by atoms with van der Waals surface area (Å²) in [5.74, 6) is 1.63. The molecule has 1 saturated carbocycles. The molecule has 1 aromatic carbocycles. The van der Waals surface area contributed by atoms with Gasteiger partial charge in [-0.2, -0.15) is 0 Å². The van der Waals surface area contributed by atoms with Crippen LogP contribution in [0.3, 0.4) is 0 Å². The van der Waals surface area contributed by atoms with E-state index in [0.717, 1.165) is 37.7 Å². The SMILES string of the molecule is COc1ccc(CN2CCNCC23CCCCC3)cc1OC. The Morgan fingerprint density at radius 2 is 1.86 bits per heavy atom. The lowest BCUT2D eigenvalue weighted by Gasteiger charge is -2.50. The van der Waals surface area contributed by atoms with E-state index in [4.69, 9.17) is 9.47 Å². The van der Waals surface area contributed by atoms with Crippen LogP contribution in [-0.4, -0.2) is 44.3 Å². The Morgan fingerprint density at radius 3 is 2.59 bits per heavy atom. The average molecular weight is 304 g/mol. The molecule has 1 N–H and O–H groups in total. The number of nitrogens with one attached hydrogen (secondary N) is 1. The fourth-order valence-electron chi connectivity index (χ4n) is 4.03. The minimum Gasteiger partial charge on any atom is -0.493 e. The number of ether oxygens (including phenoxy) is 2. The second-order valence-corrected chi connectivity index (χ2v) is 6.57. The van der Waals surface area contributed by atoms with Gasteiger partial charge in [0.1, 0.15) is 0 Å². The summed E-state index contributed by atoms with van der Waals surface area (Å²) >= 11 is 0. The molecule has 1 saturated heterocycles. The minimum absolute atomic E-state index is 0.365. The highest BCUT2D eigenvalue weighted by molar-refractivity contribution is 5.42. The lowest BCUT2D eigenvalue weighted by Crippen LogP contribution is -2.61. The molecule has 0 aromatic heterocycles. The lowest BCUT2D eigenvalue weighted by atomic mass is 9.79. The van der Waals surface area contributed by atoms with Crippen molar-refractivity contribution >= 4 is 0 Å². The molecule has 1 aliphatic heterocycles. The van der Waals surface area contributed by atoms with E-state index in [-0.39, 0.29) is 0 Å². The molecule has 1 aromatic rings. The summed E-state index contributed by atoms with van der Waals surface area (Å²) in [6, 6.07) is 6.31. The van der Waals surface area contributed by atoms with Crippen molar-refractivity contribution in [2.75, 3.05) is 33.9 Å². The van der Waals surface area contributed by atoms with Crippen LogP contribution in [-0.2, 0) is 6.54 Å². The van der Waals surface area contributed by atoms with E-state index in [2.05, 4.69) is 22.3 Å². The zero-order chi connectivity index (χ0) is 15.4. The van der Waals surface area contributed by atoms with Gasteiger partial charge in [0.25, 0.3) is 0 Å². The first-order chi connectivity index (χ1) is 10.8. The van der Waals surface area contributed by atoms with Crippen LogP contribution in [0, 0.1) is 0 Å². The van der Waals surface area contributed by atoms with Crippen molar-refractivity contribution in [2.24, 2.45) is 0 Å². The van der Waals surface area contributed by atoms with Crippen LogP contribution in [0.4, 0.5) is 0 Å². The topological polar surface area (TPSA) is 33.7 Å². The number of piperazine rings is 1. The van der Waals surface area contributed by atoms with Crippen LogP contribution in [0.1, 0.15) is 37.7 Å². The van der Waals surface area contributed by atoms with Gasteiger partial charge in [-0.25, -0.2) is 0 Å². The van der Waals surface area contributed by atoms with Crippen molar-refractivity contribution in [3.63, 3.8) is 0 Å². The standard InChI is InChI=1S/C18H28N2O2/c1-21-16-7-6-15(12-17(16)22-2)13-20-11-10-19-14-18(20)8-4-3-5-9-18/h6-7,12,19H,3-5,8-11,13-14H2,1-2H3. The van der Waals surface area contributed by atoms with Crippen molar-refractivity contribution < 1.29 is 9.47 Å². The van der Waals surface area contributed by atoms with Crippen LogP contribution in [0.2, 0.25) is 0 Å². The van der Waals surface area contributed by atoms with Gasteiger partial charge in [0, 0.05) is 31.7 Å². The third-order valence-corrected chi connectivity index (χ3v) is 5.29. The van der Waals surface area contributed by atoms with Crippen molar-refractivity contribution in [1.29, 1.82) is 0 Å². The number of benzene rings is 1. The Balaban J connectivity index is 1.78. The van der Waals surface area contributed by atoms with E-state index in [1.54, 1.807) is 14.2 Å². The summed E-state index contributed by atoms with van der Waals surface area (Å²) in [6.07, 6.45) is 6.78. The molecule has 0 unspecified atom stereocenters. The Kier molecular flexibility index (Phi) is 4.89. The smallest absolute Gasteiger partial charge is 0.161 e. The molecule has 1 aliphatic carbocycles. The Hall–Kier alpha value is -1.26. The number of methoxy groups -OCH3 is 2. The van der Waals surface area contributed by atoms with Crippen molar-refractivity contribution in [2.45, 2.75) is 44.2 Å². The molecule has 0 amide bonds. The fraction of sp³-hybridized carbons (Fsp3) is 0.667. The molecule has 0 atom stereocenters. The molecule has 2 fully saturated rings. The fourth-order valence-corrected chi connectivity index (χ4v) is 4.03. The third kappa shape index (κ3) is 3.08. The summed E-state index contributed by atoms with van der Waals surface area (Å²) in [7, 11) is 3.39. The molecule has 3 rings (SSSR count). The first kappa shape index (κ1) is 15.6. The van der Waals surface area contributed by atoms with Gasteiger partial charge in [0.05, 0.1) is 14.2 Å². The third-order valence-electron chi connectivity index (χ3n) is 5.29. The summed E-state index contributed by atoms with van der Waals surface area (Å²) in [5, 5.41) is 3.62. The van der Waals surface area contributed by atoms with Gasteiger partial charge in [0.2, 0.25) is 0 Å². The maximum Gasteiger partial charge on any atom is 0.161 e. The highest BCUT2D eigenvalue weighted by Gasteiger charge is 2.39. The zero-order valence-electron chi connectivity index (χ0n) is 13.9. The number of hydrogen-bond donors (Lipinski definition) is 1. The average Bonchev–Trinajstić information content (AvgIpc) is 2.58. The van der Waals surface area contributed by atoms with Crippen molar-refractivity contribution in [1.82, 2.24) is 10.2 Å². The van der Waals surface area contributed by atoms with E-state index >= 15 is 0 Å². The molecule has 1 spiro atoms. The van der Waals surface area contributed by atoms with E-state index in [1.807, 2.05) is 6.07 Å². The second-order valence-electron chi connectivity index (χ2n) is 6.57. The van der Waals surface area contributed by atoms with Crippen LogP contribution >= 0.6 is 0 Å². The minimum atomic E-state index is 0.365. The maximum atomic E-state index is 5.45. The molecular formula is C18H28N2O2. The van der Waals surface area contributed by atoms with E-state index in [9.17, 15) is 0 Å². The summed E-state index contributed by atoms with van der Waals surface area (Å²) in [4.78, 5) is 2.70. The van der Waals surface area contributed by atoms with Crippen LogP contribution in [0.5, 0.6) is 11.5 Å². The normalized spacial score (nSPS) is 21.7. The van der Waals surface area contributed by atoms with Gasteiger partial charge >= 0.3 is 0 Å². The number of nitrogens with zero attached hydrogens (tertiary/aromatic N) is 1. The number of rotatable bonds is 4. The van der Waals surface area contributed by atoms with Gasteiger partial charge in [-0.3, -0.25) is 4.90 Å². The lowest BCUT2D eigenvalue weighted by molar-refractivity contribution is 0.0208. The molecule has 4 heteroatoms. The van der Waals surface area contributed by atoms with Crippen molar-refractivity contribution in [3.05, 3.63) is 23.8 Å². The summed E-state index contributed by atoms with van der Waals surface area (Å²) in [6.45, 7) is 4.37. The monoisotopic (exact) mass is 304 g/mol. The largest absolute Gasteiger partial charge is 0.493 e. The highest BCUT2D eigenvalue weighted by Crippen LogP contribution is 2.36. The second kappa shape index (κ2) is 6.88. The Bertz CT molecular complexity index is 490.